The van der Waals surface area contributed by atoms with Crippen molar-refractivity contribution in [2.45, 2.75) is 32.5 Å². The molecular weight excluding hydrogens is 407 g/mol. The van der Waals surface area contributed by atoms with Gasteiger partial charge in [0.2, 0.25) is 0 Å². The lowest BCUT2D eigenvalue weighted by Gasteiger charge is -2.37. The first-order chi connectivity index (χ1) is 15.3. The van der Waals surface area contributed by atoms with Gasteiger partial charge in [-0.1, -0.05) is 30.3 Å². The number of ether oxygens (including phenoxy) is 1. The number of carbonyl (C=O) groups excluding carboxylic acids is 1. The number of nitrogens with zero attached hydrogens (tertiary/aromatic N) is 3. The van der Waals surface area contributed by atoms with E-state index in [-0.39, 0.29) is 24.1 Å². The van der Waals surface area contributed by atoms with Crippen molar-refractivity contribution in [3.8, 4) is 0 Å². The maximum atomic E-state index is 14.9. The number of hydrogen-bond donors (Lipinski definition) is 1. The van der Waals surface area contributed by atoms with Crippen LogP contribution in [0.3, 0.4) is 0 Å². The lowest BCUT2D eigenvalue weighted by Crippen LogP contribution is -2.45. The van der Waals surface area contributed by atoms with Crippen LogP contribution < -0.4 is 10.2 Å². The molecule has 0 bridgehead atoms. The SMILES string of the molecule is C[C@H]1CN(c2ccc(NC(=O)N(CCc3ccccc3)CCN(C)C)cc2F)C[C@H](C)O1. The van der Waals surface area contributed by atoms with Crippen molar-refractivity contribution in [1.82, 2.24) is 9.80 Å². The maximum Gasteiger partial charge on any atom is 0.321 e. The monoisotopic (exact) mass is 442 g/mol. The van der Waals surface area contributed by atoms with Crippen LogP contribution in [0.1, 0.15) is 19.4 Å². The second kappa shape index (κ2) is 11.3. The summed E-state index contributed by atoms with van der Waals surface area (Å²) in [5.74, 6) is -0.340. The molecule has 0 unspecified atom stereocenters. The molecule has 1 fully saturated rings. The molecule has 1 saturated heterocycles. The predicted octanol–water partition coefficient (Wildman–Crippen LogP) is 4.08. The smallest absolute Gasteiger partial charge is 0.321 e. The molecule has 2 aromatic rings. The van der Waals surface area contributed by atoms with Gasteiger partial charge in [0, 0.05) is 38.4 Å². The summed E-state index contributed by atoms with van der Waals surface area (Å²) in [6.07, 6.45) is 0.863. The van der Waals surface area contributed by atoms with E-state index in [0.717, 1.165) is 13.0 Å². The van der Waals surface area contributed by atoms with Gasteiger partial charge < -0.3 is 24.8 Å². The molecule has 0 radical (unpaired) electrons. The fourth-order valence-electron chi connectivity index (χ4n) is 3.96. The van der Waals surface area contributed by atoms with Crippen molar-refractivity contribution in [3.63, 3.8) is 0 Å². The summed E-state index contributed by atoms with van der Waals surface area (Å²) in [5, 5.41) is 2.88. The number of carbonyl (C=O) groups is 1. The van der Waals surface area contributed by atoms with Crippen LogP contribution in [-0.2, 0) is 11.2 Å². The van der Waals surface area contributed by atoms with E-state index in [1.807, 2.05) is 55.9 Å². The normalized spacial score (nSPS) is 18.6. The van der Waals surface area contributed by atoms with E-state index in [1.54, 1.807) is 17.0 Å². The number of likely N-dealkylation sites (N-methyl/N-ethyl adjacent to an activating group) is 1. The molecule has 174 valence electrons. The molecule has 2 amide bonds. The van der Waals surface area contributed by atoms with Gasteiger partial charge in [0.05, 0.1) is 17.9 Å². The number of hydrogen-bond acceptors (Lipinski definition) is 4. The average molecular weight is 443 g/mol. The number of halogens is 1. The molecule has 1 aliphatic rings. The van der Waals surface area contributed by atoms with Crippen LogP contribution in [0.2, 0.25) is 0 Å². The van der Waals surface area contributed by atoms with E-state index in [4.69, 9.17) is 4.74 Å². The van der Waals surface area contributed by atoms with Gasteiger partial charge >= 0.3 is 6.03 Å². The van der Waals surface area contributed by atoms with E-state index < -0.39 is 0 Å². The molecule has 0 aromatic heterocycles. The summed E-state index contributed by atoms with van der Waals surface area (Å²) in [7, 11) is 3.96. The standard InChI is InChI=1S/C25H35FN4O2/c1-19-17-30(18-20(2)32-19)24-11-10-22(16-23(24)26)27-25(31)29(15-14-28(3)4)13-12-21-8-6-5-7-9-21/h5-11,16,19-20H,12-15,17-18H2,1-4H3,(H,27,31)/t19-,20-/m0/s1. The minimum atomic E-state index is -0.340. The number of rotatable bonds is 8. The highest BCUT2D eigenvalue weighted by Crippen LogP contribution is 2.26. The fourth-order valence-corrected chi connectivity index (χ4v) is 3.96. The minimum absolute atomic E-state index is 0.0485. The Hall–Kier alpha value is -2.64. The number of amides is 2. The number of benzene rings is 2. The van der Waals surface area contributed by atoms with E-state index in [1.165, 1.54) is 11.6 Å². The number of nitrogens with one attached hydrogen (secondary N) is 1. The van der Waals surface area contributed by atoms with E-state index in [2.05, 4.69) is 17.4 Å². The molecule has 3 rings (SSSR count). The quantitative estimate of drug-likeness (QED) is 0.669. The van der Waals surface area contributed by atoms with Crippen molar-refractivity contribution in [1.29, 1.82) is 0 Å². The van der Waals surface area contributed by atoms with Crippen LogP contribution in [0.4, 0.5) is 20.6 Å². The van der Waals surface area contributed by atoms with Gasteiger partial charge in [0.1, 0.15) is 5.82 Å². The highest BCUT2D eigenvalue weighted by Gasteiger charge is 2.24. The average Bonchev–Trinajstić information content (AvgIpc) is 2.73. The molecule has 0 saturated carbocycles. The predicted molar refractivity (Wildman–Crippen MR) is 128 cm³/mol. The number of anilines is 2. The van der Waals surface area contributed by atoms with Gasteiger partial charge in [-0.15, -0.1) is 0 Å². The number of urea groups is 1. The van der Waals surface area contributed by atoms with Gasteiger partial charge in [-0.05, 0) is 58.1 Å². The molecule has 2 atom stereocenters. The zero-order chi connectivity index (χ0) is 23.1. The highest BCUT2D eigenvalue weighted by molar-refractivity contribution is 5.89. The fraction of sp³-hybridized carbons (Fsp3) is 0.480. The lowest BCUT2D eigenvalue weighted by atomic mass is 10.1. The zero-order valence-corrected chi connectivity index (χ0v) is 19.6. The first-order valence-corrected chi connectivity index (χ1v) is 11.3. The van der Waals surface area contributed by atoms with Gasteiger partial charge in [0.25, 0.3) is 0 Å². The summed E-state index contributed by atoms with van der Waals surface area (Å²) in [5.41, 5.74) is 2.18. The Morgan fingerprint density at radius 1 is 1.06 bits per heavy atom. The highest BCUT2D eigenvalue weighted by atomic mass is 19.1. The summed E-state index contributed by atoms with van der Waals surface area (Å²) in [6.45, 7) is 7.21. The van der Waals surface area contributed by atoms with Crippen LogP contribution in [0.25, 0.3) is 0 Å². The van der Waals surface area contributed by atoms with Crippen molar-refractivity contribution in [2.24, 2.45) is 0 Å². The number of morpholine rings is 1. The molecule has 0 spiro atoms. The summed E-state index contributed by atoms with van der Waals surface area (Å²) >= 11 is 0. The molecule has 0 aliphatic carbocycles. The Morgan fingerprint density at radius 2 is 1.75 bits per heavy atom. The van der Waals surface area contributed by atoms with Gasteiger partial charge in [-0.25, -0.2) is 9.18 Å². The van der Waals surface area contributed by atoms with Crippen LogP contribution >= 0.6 is 0 Å². The van der Waals surface area contributed by atoms with Crippen LogP contribution in [0.5, 0.6) is 0 Å². The molecule has 1 aliphatic heterocycles. The lowest BCUT2D eigenvalue weighted by molar-refractivity contribution is -0.00539. The van der Waals surface area contributed by atoms with E-state index in [9.17, 15) is 9.18 Å². The third kappa shape index (κ3) is 6.93. The third-order valence-corrected chi connectivity index (χ3v) is 5.58. The van der Waals surface area contributed by atoms with Crippen molar-refractivity contribution < 1.29 is 13.9 Å². The molecular formula is C25H35FN4O2. The van der Waals surface area contributed by atoms with Crippen molar-refractivity contribution in [2.75, 3.05) is 57.0 Å². The van der Waals surface area contributed by atoms with Crippen LogP contribution in [0.15, 0.2) is 48.5 Å². The Balaban J connectivity index is 1.65. The van der Waals surface area contributed by atoms with Gasteiger partial charge in [-0.2, -0.15) is 0 Å². The van der Waals surface area contributed by atoms with Crippen molar-refractivity contribution in [3.05, 3.63) is 59.9 Å². The van der Waals surface area contributed by atoms with Gasteiger partial charge in [-0.3, -0.25) is 0 Å². The maximum absolute atomic E-state index is 14.9. The Morgan fingerprint density at radius 3 is 2.38 bits per heavy atom. The van der Waals surface area contributed by atoms with E-state index in [0.29, 0.717) is 37.6 Å². The molecule has 1 N–H and O–H groups in total. The summed E-state index contributed by atoms with van der Waals surface area (Å²) < 4.78 is 20.7. The minimum Gasteiger partial charge on any atom is -0.372 e. The second-order valence-corrected chi connectivity index (χ2v) is 8.78. The molecule has 2 aromatic carbocycles. The Bertz CT molecular complexity index is 868. The zero-order valence-electron chi connectivity index (χ0n) is 19.6. The van der Waals surface area contributed by atoms with Gasteiger partial charge in [0.15, 0.2) is 0 Å². The summed E-state index contributed by atoms with van der Waals surface area (Å²) in [6, 6.07) is 14.8. The summed E-state index contributed by atoms with van der Waals surface area (Å²) in [4.78, 5) is 18.8. The first kappa shape index (κ1) is 24.0. The Labute approximate surface area is 190 Å². The van der Waals surface area contributed by atoms with E-state index >= 15 is 0 Å². The van der Waals surface area contributed by atoms with Crippen LogP contribution in [-0.4, -0.2) is 74.9 Å². The molecule has 1 heterocycles. The van der Waals surface area contributed by atoms with Crippen molar-refractivity contribution >= 4 is 17.4 Å². The molecule has 6 nitrogen and oxygen atoms in total. The third-order valence-electron chi connectivity index (χ3n) is 5.58. The largest absolute Gasteiger partial charge is 0.372 e. The first-order valence-electron chi connectivity index (χ1n) is 11.3. The molecule has 32 heavy (non-hydrogen) atoms. The topological polar surface area (TPSA) is 48.1 Å². The Kier molecular flexibility index (Phi) is 8.47. The molecule has 7 heteroatoms. The second-order valence-electron chi connectivity index (χ2n) is 8.78. The van der Waals surface area contributed by atoms with Crippen LogP contribution in [0, 0.1) is 5.82 Å².